The SMILES string of the molecule is CC(C)c1cccc(C(C)C)c1O.CC(C)c1ccccc1O. The van der Waals surface area contributed by atoms with E-state index in [0.717, 1.165) is 16.7 Å². The monoisotopic (exact) mass is 314 g/mol. The van der Waals surface area contributed by atoms with Crippen LogP contribution in [0, 0.1) is 0 Å². The van der Waals surface area contributed by atoms with E-state index in [4.69, 9.17) is 0 Å². The number of hydrogen-bond acceptors (Lipinski definition) is 2. The van der Waals surface area contributed by atoms with Crippen molar-refractivity contribution in [2.75, 3.05) is 0 Å². The molecule has 0 saturated heterocycles. The number of aromatic hydroxyl groups is 2. The van der Waals surface area contributed by atoms with E-state index in [1.165, 1.54) is 0 Å². The fourth-order valence-corrected chi connectivity index (χ4v) is 2.49. The molecule has 2 rings (SSSR count). The highest BCUT2D eigenvalue weighted by Gasteiger charge is 2.11. The summed E-state index contributed by atoms with van der Waals surface area (Å²) in [5.41, 5.74) is 3.11. The van der Waals surface area contributed by atoms with Crippen LogP contribution >= 0.6 is 0 Å². The zero-order valence-electron chi connectivity index (χ0n) is 15.2. The van der Waals surface area contributed by atoms with Crippen molar-refractivity contribution >= 4 is 0 Å². The highest BCUT2D eigenvalue weighted by molar-refractivity contribution is 5.43. The van der Waals surface area contributed by atoms with Crippen molar-refractivity contribution in [1.29, 1.82) is 0 Å². The Morgan fingerprint density at radius 2 is 0.957 bits per heavy atom. The molecule has 0 aliphatic carbocycles. The molecular weight excluding hydrogens is 284 g/mol. The van der Waals surface area contributed by atoms with Crippen LogP contribution in [0.4, 0.5) is 0 Å². The largest absolute Gasteiger partial charge is 0.508 e. The number of rotatable bonds is 3. The molecule has 0 aliphatic heterocycles. The molecule has 0 spiro atoms. The van der Waals surface area contributed by atoms with E-state index in [-0.39, 0.29) is 0 Å². The highest BCUT2D eigenvalue weighted by atomic mass is 16.3. The molecule has 0 unspecified atom stereocenters. The first-order chi connectivity index (χ1) is 10.8. The van der Waals surface area contributed by atoms with E-state index in [9.17, 15) is 10.2 Å². The molecule has 2 nitrogen and oxygen atoms in total. The van der Waals surface area contributed by atoms with Gasteiger partial charge in [0.25, 0.3) is 0 Å². The minimum absolute atomic E-state index is 0.388. The smallest absolute Gasteiger partial charge is 0.122 e. The van der Waals surface area contributed by atoms with Crippen LogP contribution in [0.1, 0.15) is 76.0 Å². The first-order valence-electron chi connectivity index (χ1n) is 8.35. The quantitative estimate of drug-likeness (QED) is 0.712. The lowest BCUT2D eigenvalue weighted by Crippen LogP contribution is -1.94. The summed E-state index contributed by atoms with van der Waals surface area (Å²) in [6.07, 6.45) is 0. The molecule has 0 fully saturated rings. The third-order valence-corrected chi connectivity index (χ3v) is 3.90. The van der Waals surface area contributed by atoms with Crippen molar-refractivity contribution in [2.45, 2.75) is 59.3 Å². The standard InChI is InChI=1S/C12H18O.C9H12O/c1-8(2)10-6-5-7-11(9(3)4)12(10)13;1-7(2)8-5-3-4-6-9(8)10/h5-9,13H,1-4H3;3-7,10H,1-2H3. The number of phenols is 2. The predicted octanol–water partition coefficient (Wildman–Crippen LogP) is 6.15. The van der Waals surface area contributed by atoms with E-state index < -0.39 is 0 Å². The second-order valence-electron chi connectivity index (χ2n) is 6.81. The third-order valence-electron chi connectivity index (χ3n) is 3.90. The minimum atomic E-state index is 0.388. The van der Waals surface area contributed by atoms with Gasteiger partial charge in [-0.05, 0) is 40.5 Å². The van der Waals surface area contributed by atoms with Crippen molar-refractivity contribution in [3.05, 3.63) is 59.2 Å². The van der Waals surface area contributed by atoms with Crippen LogP contribution in [-0.4, -0.2) is 10.2 Å². The minimum Gasteiger partial charge on any atom is -0.508 e. The molecule has 2 N–H and O–H groups in total. The molecule has 2 aromatic carbocycles. The molecule has 2 heteroatoms. The molecule has 0 saturated carbocycles. The summed E-state index contributed by atoms with van der Waals surface area (Å²) in [5, 5.41) is 19.2. The predicted molar refractivity (Wildman–Crippen MR) is 98.5 cm³/mol. The Bertz CT molecular complexity index is 587. The lowest BCUT2D eigenvalue weighted by molar-refractivity contribution is 0.454. The Kier molecular flexibility index (Phi) is 7.15. The summed E-state index contributed by atoms with van der Waals surface area (Å²) in [7, 11) is 0. The summed E-state index contributed by atoms with van der Waals surface area (Å²) in [6, 6.07) is 13.4. The first-order valence-corrected chi connectivity index (χ1v) is 8.35. The molecule has 0 aromatic heterocycles. The Morgan fingerprint density at radius 3 is 1.30 bits per heavy atom. The molecule has 0 aliphatic rings. The van der Waals surface area contributed by atoms with Gasteiger partial charge in [-0.25, -0.2) is 0 Å². The molecule has 126 valence electrons. The summed E-state index contributed by atoms with van der Waals surface area (Å²) in [5.74, 6) is 2.06. The maximum Gasteiger partial charge on any atom is 0.122 e. The average Bonchev–Trinajstić information content (AvgIpc) is 2.47. The average molecular weight is 314 g/mol. The van der Waals surface area contributed by atoms with Crippen LogP contribution in [-0.2, 0) is 0 Å². The third kappa shape index (κ3) is 5.31. The number of benzene rings is 2. The fourth-order valence-electron chi connectivity index (χ4n) is 2.49. The molecule has 0 amide bonds. The van der Waals surface area contributed by atoms with E-state index in [0.29, 0.717) is 29.3 Å². The van der Waals surface area contributed by atoms with Crippen molar-refractivity contribution in [2.24, 2.45) is 0 Å². The van der Waals surface area contributed by atoms with Crippen molar-refractivity contribution in [3.8, 4) is 11.5 Å². The van der Waals surface area contributed by atoms with Crippen LogP contribution in [0.25, 0.3) is 0 Å². The van der Waals surface area contributed by atoms with Crippen molar-refractivity contribution in [1.82, 2.24) is 0 Å². The van der Waals surface area contributed by atoms with Gasteiger partial charge in [0, 0.05) is 0 Å². The van der Waals surface area contributed by atoms with E-state index in [1.54, 1.807) is 6.07 Å². The van der Waals surface area contributed by atoms with Gasteiger partial charge in [-0.1, -0.05) is 77.9 Å². The zero-order chi connectivity index (χ0) is 17.6. The summed E-state index contributed by atoms with van der Waals surface area (Å²) >= 11 is 0. The van der Waals surface area contributed by atoms with E-state index in [1.807, 2.05) is 36.4 Å². The number of para-hydroxylation sites is 2. The van der Waals surface area contributed by atoms with Crippen LogP contribution in [0.2, 0.25) is 0 Å². The summed E-state index contributed by atoms with van der Waals surface area (Å²) < 4.78 is 0. The first kappa shape index (κ1) is 19.1. The molecule has 0 bridgehead atoms. The zero-order valence-corrected chi connectivity index (χ0v) is 15.2. The fraction of sp³-hybridized carbons (Fsp3) is 0.429. The Morgan fingerprint density at radius 1 is 0.565 bits per heavy atom. The van der Waals surface area contributed by atoms with Crippen LogP contribution in [0.3, 0.4) is 0 Å². The van der Waals surface area contributed by atoms with Crippen molar-refractivity contribution < 1.29 is 10.2 Å². The second-order valence-corrected chi connectivity index (χ2v) is 6.81. The van der Waals surface area contributed by atoms with Gasteiger partial charge in [-0.3, -0.25) is 0 Å². The molecule has 0 atom stereocenters. The van der Waals surface area contributed by atoms with Gasteiger partial charge in [0.15, 0.2) is 0 Å². The van der Waals surface area contributed by atoms with Gasteiger partial charge in [0.1, 0.15) is 11.5 Å². The Labute approximate surface area is 140 Å². The lowest BCUT2D eigenvalue weighted by Gasteiger charge is -2.14. The van der Waals surface area contributed by atoms with Crippen LogP contribution in [0.5, 0.6) is 11.5 Å². The Hall–Kier alpha value is -1.96. The molecule has 0 heterocycles. The molecule has 23 heavy (non-hydrogen) atoms. The highest BCUT2D eigenvalue weighted by Crippen LogP contribution is 2.32. The van der Waals surface area contributed by atoms with E-state index in [2.05, 4.69) is 41.5 Å². The van der Waals surface area contributed by atoms with Crippen molar-refractivity contribution in [3.63, 3.8) is 0 Å². The van der Waals surface area contributed by atoms with Gasteiger partial charge in [-0.2, -0.15) is 0 Å². The Balaban J connectivity index is 0.000000238. The summed E-state index contributed by atoms with van der Waals surface area (Å²) in [6.45, 7) is 12.5. The van der Waals surface area contributed by atoms with Gasteiger partial charge in [-0.15, -0.1) is 0 Å². The second kappa shape index (κ2) is 8.61. The van der Waals surface area contributed by atoms with E-state index >= 15 is 0 Å². The normalized spacial score (nSPS) is 10.8. The van der Waals surface area contributed by atoms with Crippen LogP contribution in [0.15, 0.2) is 42.5 Å². The molecule has 0 radical (unpaired) electrons. The van der Waals surface area contributed by atoms with Gasteiger partial charge in [0.2, 0.25) is 0 Å². The number of phenolic OH excluding ortho intramolecular Hbond substituents is 2. The van der Waals surface area contributed by atoms with Gasteiger partial charge < -0.3 is 10.2 Å². The molecular formula is C21H30O2. The van der Waals surface area contributed by atoms with Gasteiger partial charge in [0.05, 0.1) is 0 Å². The van der Waals surface area contributed by atoms with Crippen LogP contribution < -0.4 is 0 Å². The van der Waals surface area contributed by atoms with Gasteiger partial charge >= 0.3 is 0 Å². The number of hydrogen-bond donors (Lipinski definition) is 2. The molecule has 2 aromatic rings. The summed E-state index contributed by atoms with van der Waals surface area (Å²) in [4.78, 5) is 0. The maximum absolute atomic E-state index is 9.93. The lowest BCUT2D eigenvalue weighted by atomic mass is 9.94. The maximum atomic E-state index is 9.93. The topological polar surface area (TPSA) is 40.5 Å².